The second kappa shape index (κ2) is 7.80. The predicted molar refractivity (Wildman–Crippen MR) is 81.8 cm³/mol. The summed E-state index contributed by atoms with van der Waals surface area (Å²) in [5.41, 5.74) is 2.00. The van der Waals surface area contributed by atoms with Crippen molar-refractivity contribution in [1.82, 2.24) is 0 Å². The average molecular weight is 313 g/mol. The van der Waals surface area contributed by atoms with E-state index in [0.29, 0.717) is 17.7 Å². The van der Waals surface area contributed by atoms with E-state index in [-0.39, 0.29) is 12.4 Å². The molecule has 0 aromatic heterocycles. The minimum absolute atomic E-state index is 0.118. The van der Waals surface area contributed by atoms with E-state index in [1.165, 1.54) is 13.2 Å². The van der Waals surface area contributed by atoms with E-state index < -0.39 is 16.0 Å². The third kappa shape index (κ3) is 5.97. The molecule has 0 radical (unpaired) electrons. The molecule has 1 aromatic rings. The number of carboxylic acids is 1. The van der Waals surface area contributed by atoms with Crippen LogP contribution in [0.5, 0.6) is 0 Å². The normalized spacial score (nSPS) is 11.7. The summed E-state index contributed by atoms with van der Waals surface area (Å²) in [5, 5.41) is 8.60. The molecule has 0 aliphatic rings. The average Bonchev–Trinajstić information content (AvgIpc) is 2.43. The van der Waals surface area contributed by atoms with Crippen molar-refractivity contribution in [2.24, 2.45) is 0 Å². The van der Waals surface area contributed by atoms with E-state index >= 15 is 0 Å². The lowest BCUT2D eigenvalue weighted by atomic mass is 10.1. The summed E-state index contributed by atoms with van der Waals surface area (Å²) in [6.45, 7) is 2.02. The third-order valence-corrected chi connectivity index (χ3v) is 3.99. The molecule has 0 bridgehead atoms. The molecule has 0 atom stereocenters. The first-order chi connectivity index (χ1) is 9.88. The van der Waals surface area contributed by atoms with Crippen molar-refractivity contribution in [1.29, 1.82) is 0 Å². The van der Waals surface area contributed by atoms with Crippen molar-refractivity contribution in [2.45, 2.75) is 13.3 Å². The topological polar surface area (TPSA) is 92.7 Å². The SMILES string of the molecule is CCc1cc(/C=C/C(=O)O)ccc1NS(=O)(=O)CCOC. The standard InChI is InChI=1S/C14H19NO5S/c1-3-12-10-11(5-7-14(16)17)4-6-13(12)15-21(18,19)9-8-20-2/h4-7,10,15H,3,8-9H2,1-2H3,(H,16,17)/b7-5+. The molecule has 0 amide bonds. The number of benzene rings is 1. The summed E-state index contributed by atoms with van der Waals surface area (Å²) in [6.07, 6.45) is 3.12. The Balaban J connectivity index is 2.96. The van der Waals surface area contributed by atoms with Gasteiger partial charge >= 0.3 is 5.97 Å². The van der Waals surface area contributed by atoms with Gasteiger partial charge in [0.05, 0.1) is 18.0 Å². The Labute approximate surface area is 124 Å². The molecule has 0 fully saturated rings. The maximum absolute atomic E-state index is 11.8. The number of aliphatic carboxylic acids is 1. The molecule has 2 N–H and O–H groups in total. The zero-order chi connectivity index (χ0) is 15.9. The van der Waals surface area contributed by atoms with Gasteiger partial charge in [0.25, 0.3) is 0 Å². The lowest BCUT2D eigenvalue weighted by molar-refractivity contribution is -0.131. The van der Waals surface area contributed by atoms with Crippen molar-refractivity contribution in [2.75, 3.05) is 24.2 Å². The van der Waals surface area contributed by atoms with Crippen molar-refractivity contribution >= 4 is 27.8 Å². The Morgan fingerprint density at radius 1 is 1.43 bits per heavy atom. The van der Waals surface area contributed by atoms with Gasteiger partial charge in [0, 0.05) is 13.2 Å². The van der Waals surface area contributed by atoms with Crippen LogP contribution in [-0.4, -0.2) is 39.0 Å². The Hall–Kier alpha value is -1.86. The highest BCUT2D eigenvalue weighted by atomic mass is 32.2. The molecule has 0 spiro atoms. The Bertz CT molecular complexity index is 622. The van der Waals surface area contributed by atoms with Gasteiger partial charge < -0.3 is 9.84 Å². The largest absolute Gasteiger partial charge is 0.478 e. The van der Waals surface area contributed by atoms with Gasteiger partial charge in [-0.3, -0.25) is 4.72 Å². The number of aryl methyl sites for hydroxylation is 1. The molecule has 116 valence electrons. The fourth-order valence-corrected chi connectivity index (χ4v) is 2.71. The number of nitrogens with one attached hydrogen (secondary N) is 1. The summed E-state index contributed by atoms with van der Waals surface area (Å²) in [7, 11) is -2.01. The van der Waals surface area contributed by atoms with Gasteiger partial charge in [0.2, 0.25) is 10.0 Å². The van der Waals surface area contributed by atoms with Crippen LogP contribution in [0.2, 0.25) is 0 Å². The minimum atomic E-state index is -3.46. The van der Waals surface area contributed by atoms with Crippen LogP contribution in [0.25, 0.3) is 6.08 Å². The van der Waals surface area contributed by atoms with E-state index in [0.717, 1.165) is 11.6 Å². The smallest absolute Gasteiger partial charge is 0.328 e. The first-order valence-electron chi connectivity index (χ1n) is 6.41. The van der Waals surface area contributed by atoms with Gasteiger partial charge in [0.15, 0.2) is 0 Å². The molecule has 6 nitrogen and oxygen atoms in total. The van der Waals surface area contributed by atoms with Crippen molar-refractivity contribution in [3.63, 3.8) is 0 Å². The summed E-state index contributed by atoms with van der Waals surface area (Å²) in [5.74, 6) is -1.15. The molecule has 1 rings (SSSR count). The molecular weight excluding hydrogens is 294 g/mol. The molecule has 0 aliphatic heterocycles. The lowest BCUT2D eigenvalue weighted by Gasteiger charge is -2.12. The quantitative estimate of drug-likeness (QED) is 0.713. The highest BCUT2D eigenvalue weighted by molar-refractivity contribution is 7.92. The van der Waals surface area contributed by atoms with Gasteiger partial charge in [-0.25, -0.2) is 13.2 Å². The molecule has 0 aliphatic carbocycles. The number of methoxy groups -OCH3 is 1. The fraction of sp³-hybridized carbons (Fsp3) is 0.357. The monoisotopic (exact) mass is 313 g/mol. The second-order valence-electron chi connectivity index (χ2n) is 4.36. The number of carboxylic acid groups (broad SMARTS) is 1. The van der Waals surface area contributed by atoms with Crippen LogP contribution in [0.3, 0.4) is 0 Å². The van der Waals surface area contributed by atoms with Crippen LogP contribution in [0.4, 0.5) is 5.69 Å². The molecule has 1 aromatic carbocycles. The van der Waals surface area contributed by atoms with Crippen molar-refractivity contribution in [3.05, 3.63) is 35.4 Å². The van der Waals surface area contributed by atoms with Crippen LogP contribution in [0, 0.1) is 0 Å². The zero-order valence-corrected chi connectivity index (χ0v) is 12.8. The van der Waals surface area contributed by atoms with Crippen molar-refractivity contribution < 1.29 is 23.1 Å². The number of sulfonamides is 1. The molecule has 0 heterocycles. The number of hydrogen-bond acceptors (Lipinski definition) is 4. The molecule has 0 saturated heterocycles. The maximum Gasteiger partial charge on any atom is 0.328 e. The highest BCUT2D eigenvalue weighted by Crippen LogP contribution is 2.20. The van der Waals surface area contributed by atoms with E-state index in [1.54, 1.807) is 18.2 Å². The van der Waals surface area contributed by atoms with Gasteiger partial charge in [-0.2, -0.15) is 0 Å². The number of hydrogen-bond donors (Lipinski definition) is 2. The predicted octanol–water partition coefficient (Wildman–Crippen LogP) is 1.73. The number of rotatable bonds is 8. The van der Waals surface area contributed by atoms with E-state index in [2.05, 4.69) is 4.72 Å². The summed E-state index contributed by atoms with van der Waals surface area (Å²) in [4.78, 5) is 10.5. The summed E-state index contributed by atoms with van der Waals surface area (Å²) >= 11 is 0. The van der Waals surface area contributed by atoms with Crippen LogP contribution in [0.15, 0.2) is 24.3 Å². The van der Waals surface area contributed by atoms with Gasteiger partial charge in [-0.15, -0.1) is 0 Å². The van der Waals surface area contributed by atoms with E-state index in [1.807, 2.05) is 6.92 Å². The number of ether oxygens (including phenoxy) is 1. The first-order valence-corrected chi connectivity index (χ1v) is 8.06. The highest BCUT2D eigenvalue weighted by Gasteiger charge is 2.12. The van der Waals surface area contributed by atoms with Crippen LogP contribution < -0.4 is 4.72 Å². The summed E-state index contributed by atoms with van der Waals surface area (Å²) in [6, 6.07) is 5.05. The zero-order valence-electron chi connectivity index (χ0n) is 12.0. The van der Waals surface area contributed by atoms with Crippen LogP contribution in [-0.2, 0) is 26.0 Å². The van der Waals surface area contributed by atoms with Crippen LogP contribution >= 0.6 is 0 Å². The Morgan fingerprint density at radius 3 is 2.71 bits per heavy atom. The fourth-order valence-electron chi connectivity index (χ4n) is 1.69. The molecule has 21 heavy (non-hydrogen) atoms. The van der Waals surface area contributed by atoms with Gasteiger partial charge in [0.1, 0.15) is 0 Å². The third-order valence-electron chi connectivity index (χ3n) is 2.75. The molecular formula is C14H19NO5S. The van der Waals surface area contributed by atoms with Gasteiger partial charge in [-0.1, -0.05) is 13.0 Å². The van der Waals surface area contributed by atoms with Crippen LogP contribution in [0.1, 0.15) is 18.1 Å². The Morgan fingerprint density at radius 2 is 2.14 bits per heavy atom. The molecule has 0 saturated carbocycles. The van der Waals surface area contributed by atoms with E-state index in [9.17, 15) is 13.2 Å². The minimum Gasteiger partial charge on any atom is -0.478 e. The van der Waals surface area contributed by atoms with E-state index in [4.69, 9.17) is 9.84 Å². The Kier molecular flexibility index (Phi) is 6.39. The number of anilines is 1. The lowest BCUT2D eigenvalue weighted by Crippen LogP contribution is -2.20. The number of carbonyl (C=O) groups is 1. The van der Waals surface area contributed by atoms with Gasteiger partial charge in [-0.05, 0) is 35.8 Å². The molecule has 0 unspecified atom stereocenters. The second-order valence-corrected chi connectivity index (χ2v) is 6.20. The van der Waals surface area contributed by atoms with Crippen molar-refractivity contribution in [3.8, 4) is 0 Å². The first kappa shape index (κ1) is 17.2. The summed E-state index contributed by atoms with van der Waals surface area (Å²) < 4.78 is 31.0. The molecule has 7 heteroatoms. The maximum atomic E-state index is 11.8.